The number of hydrogen-bond acceptors (Lipinski definition) is 4. The summed E-state index contributed by atoms with van der Waals surface area (Å²) in [5, 5.41) is 8.70. The van der Waals surface area contributed by atoms with Gasteiger partial charge in [-0.2, -0.15) is 0 Å². The maximum atomic E-state index is 11.8. The molecule has 7 heteroatoms. The fourth-order valence-corrected chi connectivity index (χ4v) is 0.831. The van der Waals surface area contributed by atoms with Crippen LogP contribution in [0, 0.1) is 0 Å². The number of nitrogen functional groups attached to an aromatic ring is 1. The second-order valence-corrected chi connectivity index (χ2v) is 2.44. The summed E-state index contributed by atoms with van der Waals surface area (Å²) in [5.41, 5.74) is 5.30. The number of aromatic nitrogens is 1. The third kappa shape index (κ3) is 2.77. The van der Waals surface area contributed by atoms with Crippen LogP contribution >= 0.6 is 0 Å². The van der Waals surface area contributed by atoms with Crippen LogP contribution in [0.15, 0.2) is 12.3 Å². The molecule has 1 aromatic rings. The average Bonchev–Trinajstić information content (AvgIpc) is 2.06. The van der Waals surface area contributed by atoms with Crippen LogP contribution in [-0.4, -0.2) is 16.5 Å². The minimum atomic E-state index is -4.83. The molecule has 14 heavy (non-hydrogen) atoms. The van der Waals surface area contributed by atoms with E-state index in [1.807, 2.05) is 0 Å². The second kappa shape index (κ2) is 3.70. The van der Waals surface area contributed by atoms with Gasteiger partial charge >= 0.3 is 6.36 Å². The van der Waals surface area contributed by atoms with Gasteiger partial charge in [-0.25, -0.2) is 4.98 Å². The first-order valence-electron chi connectivity index (χ1n) is 3.53. The first-order valence-corrected chi connectivity index (χ1v) is 3.53. The fraction of sp³-hybridized carbons (Fsp3) is 0.286. The van der Waals surface area contributed by atoms with E-state index < -0.39 is 18.8 Å². The lowest BCUT2D eigenvalue weighted by molar-refractivity contribution is -0.276. The number of ether oxygens (including phenoxy) is 1. The number of pyridine rings is 1. The fourth-order valence-electron chi connectivity index (χ4n) is 0.831. The average molecular weight is 208 g/mol. The standard InChI is InChI=1S/C7H7F3N2O2/c8-7(9,10)14-6-4(3-13)1-5(11)2-12-6/h1-2,13H,3,11H2. The molecule has 0 saturated heterocycles. The summed E-state index contributed by atoms with van der Waals surface area (Å²) >= 11 is 0. The van der Waals surface area contributed by atoms with Crippen LogP contribution in [0.4, 0.5) is 18.9 Å². The highest BCUT2D eigenvalue weighted by molar-refractivity contribution is 5.42. The molecular formula is C7H7F3N2O2. The molecule has 0 atom stereocenters. The van der Waals surface area contributed by atoms with E-state index in [1.165, 1.54) is 0 Å². The first kappa shape index (κ1) is 10.6. The number of aliphatic hydroxyl groups excluding tert-OH is 1. The minimum Gasteiger partial charge on any atom is -0.397 e. The van der Waals surface area contributed by atoms with E-state index in [4.69, 9.17) is 10.8 Å². The molecule has 0 fully saturated rings. The summed E-state index contributed by atoms with van der Waals surface area (Å²) in [6.07, 6.45) is -3.81. The zero-order valence-corrected chi connectivity index (χ0v) is 6.88. The molecule has 1 rings (SSSR count). The third-order valence-corrected chi connectivity index (χ3v) is 1.33. The summed E-state index contributed by atoms with van der Waals surface area (Å²) in [7, 11) is 0. The molecule has 1 heterocycles. The van der Waals surface area contributed by atoms with Crippen LogP contribution in [0.25, 0.3) is 0 Å². The number of aliphatic hydroxyl groups is 1. The van der Waals surface area contributed by atoms with Crippen molar-refractivity contribution in [2.75, 3.05) is 5.73 Å². The monoisotopic (exact) mass is 208 g/mol. The van der Waals surface area contributed by atoms with E-state index in [0.717, 1.165) is 12.3 Å². The Balaban J connectivity index is 2.97. The predicted octanol–water partition coefficient (Wildman–Crippen LogP) is 1.05. The SMILES string of the molecule is Nc1cnc(OC(F)(F)F)c(CO)c1. The van der Waals surface area contributed by atoms with Crippen molar-refractivity contribution in [3.63, 3.8) is 0 Å². The molecule has 1 aromatic heterocycles. The van der Waals surface area contributed by atoms with Gasteiger partial charge in [0, 0.05) is 5.56 Å². The molecular weight excluding hydrogens is 201 g/mol. The summed E-state index contributed by atoms with van der Waals surface area (Å²) in [6.45, 7) is -0.622. The van der Waals surface area contributed by atoms with E-state index in [1.54, 1.807) is 0 Å². The number of halogens is 3. The van der Waals surface area contributed by atoms with E-state index in [-0.39, 0.29) is 11.3 Å². The normalized spacial score (nSPS) is 11.4. The van der Waals surface area contributed by atoms with E-state index in [0.29, 0.717) is 0 Å². The van der Waals surface area contributed by atoms with Crippen molar-refractivity contribution >= 4 is 5.69 Å². The number of rotatable bonds is 2. The van der Waals surface area contributed by atoms with Gasteiger partial charge in [-0.05, 0) is 6.07 Å². The summed E-state index contributed by atoms with van der Waals surface area (Å²) in [5.74, 6) is -0.686. The van der Waals surface area contributed by atoms with Crippen LogP contribution in [0.2, 0.25) is 0 Å². The molecule has 0 bridgehead atoms. The van der Waals surface area contributed by atoms with Crippen molar-refractivity contribution in [1.82, 2.24) is 4.98 Å². The van der Waals surface area contributed by atoms with Gasteiger partial charge in [0.15, 0.2) is 0 Å². The predicted molar refractivity (Wildman–Crippen MR) is 41.3 cm³/mol. The molecule has 4 nitrogen and oxygen atoms in total. The Morgan fingerprint density at radius 3 is 2.64 bits per heavy atom. The molecule has 3 N–H and O–H groups in total. The van der Waals surface area contributed by atoms with Gasteiger partial charge in [-0.1, -0.05) is 0 Å². The zero-order valence-electron chi connectivity index (χ0n) is 6.88. The Labute approximate surface area is 77.1 Å². The van der Waals surface area contributed by atoms with Crippen LogP contribution < -0.4 is 10.5 Å². The zero-order chi connectivity index (χ0) is 10.8. The number of nitrogens with two attached hydrogens (primary N) is 1. The van der Waals surface area contributed by atoms with Gasteiger partial charge < -0.3 is 15.6 Å². The molecule has 0 aromatic carbocycles. The summed E-state index contributed by atoms with van der Waals surface area (Å²) in [4.78, 5) is 3.31. The summed E-state index contributed by atoms with van der Waals surface area (Å²) in [6, 6.07) is 1.16. The van der Waals surface area contributed by atoms with Gasteiger partial charge in [0.1, 0.15) is 0 Å². The number of hydrogen-bond donors (Lipinski definition) is 2. The van der Waals surface area contributed by atoms with Crippen molar-refractivity contribution in [2.45, 2.75) is 13.0 Å². The highest BCUT2D eigenvalue weighted by Gasteiger charge is 2.32. The summed E-state index contributed by atoms with van der Waals surface area (Å²) < 4.78 is 38.9. The van der Waals surface area contributed by atoms with Crippen molar-refractivity contribution in [2.24, 2.45) is 0 Å². The molecule has 78 valence electrons. The van der Waals surface area contributed by atoms with Crippen molar-refractivity contribution in [3.05, 3.63) is 17.8 Å². The molecule has 0 aliphatic heterocycles. The lowest BCUT2D eigenvalue weighted by Crippen LogP contribution is -2.19. The van der Waals surface area contributed by atoms with Crippen LogP contribution in [0.1, 0.15) is 5.56 Å². The van der Waals surface area contributed by atoms with Crippen LogP contribution in [0.5, 0.6) is 5.88 Å². The minimum absolute atomic E-state index is 0.109. The Kier molecular flexibility index (Phi) is 2.80. The molecule has 0 aliphatic carbocycles. The molecule has 0 saturated carbocycles. The number of nitrogens with zero attached hydrogens (tertiary/aromatic N) is 1. The number of alkyl halides is 3. The van der Waals surface area contributed by atoms with Crippen LogP contribution in [0.3, 0.4) is 0 Å². The third-order valence-electron chi connectivity index (χ3n) is 1.33. The molecule has 0 amide bonds. The van der Waals surface area contributed by atoms with Gasteiger partial charge in [-0.15, -0.1) is 13.2 Å². The molecule has 0 aliphatic rings. The second-order valence-electron chi connectivity index (χ2n) is 2.44. The van der Waals surface area contributed by atoms with E-state index >= 15 is 0 Å². The molecule has 0 unspecified atom stereocenters. The van der Waals surface area contributed by atoms with E-state index in [2.05, 4.69) is 9.72 Å². The maximum absolute atomic E-state index is 11.8. The molecule has 0 spiro atoms. The van der Waals surface area contributed by atoms with Crippen molar-refractivity contribution in [1.29, 1.82) is 0 Å². The molecule has 0 radical (unpaired) electrons. The Morgan fingerprint density at radius 1 is 1.50 bits per heavy atom. The first-order chi connectivity index (χ1) is 6.42. The Bertz CT molecular complexity index is 327. The highest BCUT2D eigenvalue weighted by Crippen LogP contribution is 2.25. The maximum Gasteiger partial charge on any atom is 0.574 e. The Hall–Kier alpha value is -1.50. The van der Waals surface area contributed by atoms with Crippen LogP contribution in [-0.2, 0) is 6.61 Å². The quantitative estimate of drug-likeness (QED) is 0.762. The number of anilines is 1. The van der Waals surface area contributed by atoms with Gasteiger partial charge in [-0.3, -0.25) is 0 Å². The van der Waals surface area contributed by atoms with E-state index in [9.17, 15) is 13.2 Å². The highest BCUT2D eigenvalue weighted by atomic mass is 19.4. The van der Waals surface area contributed by atoms with Crippen molar-refractivity contribution in [3.8, 4) is 5.88 Å². The lowest BCUT2D eigenvalue weighted by atomic mass is 10.2. The van der Waals surface area contributed by atoms with Gasteiger partial charge in [0.25, 0.3) is 0 Å². The largest absolute Gasteiger partial charge is 0.574 e. The van der Waals surface area contributed by atoms with Crippen molar-refractivity contribution < 1.29 is 23.0 Å². The Morgan fingerprint density at radius 2 is 2.14 bits per heavy atom. The smallest absolute Gasteiger partial charge is 0.397 e. The van der Waals surface area contributed by atoms with Gasteiger partial charge in [0.05, 0.1) is 18.5 Å². The van der Waals surface area contributed by atoms with Gasteiger partial charge in [0.2, 0.25) is 5.88 Å². The lowest BCUT2D eigenvalue weighted by Gasteiger charge is -2.10. The topological polar surface area (TPSA) is 68.4 Å².